The van der Waals surface area contributed by atoms with E-state index in [0.29, 0.717) is 0 Å². The van der Waals surface area contributed by atoms with Gasteiger partial charge in [0.2, 0.25) is 0 Å². The lowest BCUT2D eigenvalue weighted by atomic mass is 10.1. The molecule has 23 heavy (non-hydrogen) atoms. The molecule has 4 rings (SSSR count). The molecular formula is C19H14N2O2. The van der Waals surface area contributed by atoms with Crippen LogP contribution in [-0.2, 0) is 0 Å². The van der Waals surface area contributed by atoms with Crippen molar-refractivity contribution < 1.29 is 10.2 Å². The van der Waals surface area contributed by atoms with Crippen LogP contribution in [0.2, 0.25) is 0 Å². The van der Waals surface area contributed by atoms with Gasteiger partial charge in [-0.25, -0.2) is 4.99 Å². The lowest BCUT2D eigenvalue weighted by Crippen LogP contribution is -1.93. The summed E-state index contributed by atoms with van der Waals surface area (Å²) in [6, 6.07) is 20.1. The molecule has 0 atom stereocenters. The third kappa shape index (κ3) is 2.30. The minimum Gasteiger partial charge on any atom is -0.508 e. The van der Waals surface area contributed by atoms with Crippen LogP contribution in [-0.4, -0.2) is 21.1 Å². The third-order valence-corrected chi connectivity index (χ3v) is 3.85. The van der Waals surface area contributed by atoms with Gasteiger partial charge < -0.3 is 10.2 Å². The Balaban J connectivity index is 1.99. The molecule has 112 valence electrons. The Morgan fingerprint density at radius 2 is 1.30 bits per heavy atom. The number of benzene rings is 3. The Bertz CT molecular complexity index is 974. The van der Waals surface area contributed by atoms with Crippen LogP contribution in [0.1, 0.15) is 0 Å². The molecule has 0 bridgehead atoms. The molecule has 1 aromatic heterocycles. The van der Waals surface area contributed by atoms with Crippen molar-refractivity contribution >= 4 is 33.8 Å². The van der Waals surface area contributed by atoms with E-state index in [9.17, 15) is 10.2 Å². The van der Waals surface area contributed by atoms with Crippen LogP contribution in [0.3, 0.4) is 0 Å². The maximum Gasteiger partial charge on any atom is 0.116 e. The Kier molecular flexibility index (Phi) is 3.01. The van der Waals surface area contributed by atoms with Gasteiger partial charge in [-0.15, -0.1) is 0 Å². The predicted octanol–water partition coefficient (Wildman–Crippen LogP) is 4.41. The Hall–Kier alpha value is -3.27. The maximum absolute atomic E-state index is 9.77. The van der Waals surface area contributed by atoms with E-state index >= 15 is 0 Å². The van der Waals surface area contributed by atoms with Crippen LogP contribution < -0.4 is 0 Å². The van der Waals surface area contributed by atoms with Crippen LogP contribution >= 0.6 is 0 Å². The molecule has 0 fully saturated rings. The third-order valence-electron chi connectivity index (χ3n) is 3.85. The number of hydrogen-bond donors (Lipinski definition) is 2. The van der Waals surface area contributed by atoms with Gasteiger partial charge in [0.15, 0.2) is 0 Å². The van der Waals surface area contributed by atoms with Crippen molar-refractivity contribution in [2.45, 2.75) is 0 Å². The van der Waals surface area contributed by atoms with Crippen molar-refractivity contribution in [1.82, 2.24) is 4.57 Å². The first-order chi connectivity index (χ1) is 11.2. The van der Waals surface area contributed by atoms with E-state index in [1.807, 2.05) is 47.0 Å². The number of phenolic OH excluding ortho intramolecular Hbond substituents is 2. The number of para-hydroxylation sites is 1. The maximum atomic E-state index is 9.77. The Labute approximate surface area is 132 Å². The zero-order valence-corrected chi connectivity index (χ0v) is 12.2. The number of fused-ring (bicyclic) bond motifs is 3. The summed E-state index contributed by atoms with van der Waals surface area (Å²) in [4.78, 5) is 4.51. The first-order valence-electron chi connectivity index (χ1n) is 7.27. The molecule has 0 spiro atoms. The first-order valence-corrected chi connectivity index (χ1v) is 7.27. The Morgan fingerprint density at radius 1 is 0.739 bits per heavy atom. The van der Waals surface area contributed by atoms with Gasteiger partial charge in [-0.3, -0.25) is 4.57 Å². The number of hydrogen-bond acceptors (Lipinski definition) is 3. The van der Waals surface area contributed by atoms with Crippen LogP contribution in [0.4, 0.5) is 5.69 Å². The molecule has 0 amide bonds. The molecule has 0 aliphatic rings. The number of aliphatic imine (C=N–C) groups is 1. The van der Waals surface area contributed by atoms with E-state index < -0.39 is 0 Å². The summed E-state index contributed by atoms with van der Waals surface area (Å²) in [6.07, 6.45) is 1.76. The van der Waals surface area contributed by atoms with E-state index in [1.165, 1.54) is 0 Å². The predicted molar refractivity (Wildman–Crippen MR) is 92.8 cm³/mol. The molecule has 1 heterocycles. The number of rotatable bonds is 2. The second kappa shape index (κ2) is 5.18. The molecular weight excluding hydrogens is 288 g/mol. The minimum atomic E-state index is 0.194. The summed E-state index contributed by atoms with van der Waals surface area (Å²) < 4.78 is 1.95. The van der Waals surface area contributed by atoms with Crippen LogP contribution in [0.25, 0.3) is 21.8 Å². The van der Waals surface area contributed by atoms with Crippen LogP contribution in [0, 0.1) is 0 Å². The fourth-order valence-corrected chi connectivity index (χ4v) is 2.79. The van der Waals surface area contributed by atoms with Gasteiger partial charge in [-0.2, -0.15) is 0 Å². The molecule has 0 aliphatic carbocycles. The molecule has 4 aromatic rings. The zero-order valence-electron chi connectivity index (χ0n) is 12.2. The molecule has 2 N–H and O–H groups in total. The highest BCUT2D eigenvalue weighted by Gasteiger charge is 2.10. The summed E-state index contributed by atoms with van der Waals surface area (Å²) >= 11 is 0. The van der Waals surface area contributed by atoms with Crippen molar-refractivity contribution in [3.63, 3.8) is 0 Å². The normalized spacial score (nSPS) is 11.7. The van der Waals surface area contributed by atoms with Crippen LogP contribution in [0.15, 0.2) is 71.7 Å². The van der Waals surface area contributed by atoms with Gasteiger partial charge in [-0.1, -0.05) is 18.2 Å². The van der Waals surface area contributed by atoms with Gasteiger partial charge in [-0.05, 0) is 48.5 Å². The molecule has 4 heteroatoms. The largest absolute Gasteiger partial charge is 0.508 e. The summed E-state index contributed by atoms with van der Waals surface area (Å²) in [7, 11) is 0. The van der Waals surface area contributed by atoms with Gasteiger partial charge in [0.05, 0.1) is 16.7 Å². The fraction of sp³-hybridized carbons (Fsp3) is 0. The number of aromatic hydroxyl groups is 2. The first kappa shape index (κ1) is 13.4. The average Bonchev–Trinajstić information content (AvgIpc) is 2.86. The highest BCUT2D eigenvalue weighted by atomic mass is 16.3. The molecule has 3 aromatic carbocycles. The van der Waals surface area contributed by atoms with E-state index in [2.05, 4.69) is 4.99 Å². The summed E-state index contributed by atoms with van der Waals surface area (Å²) in [5, 5.41) is 21.3. The van der Waals surface area contributed by atoms with Crippen LogP contribution in [0.5, 0.6) is 11.5 Å². The SMILES string of the molecule is Oc1ccc2c(c1)c1cc(O)ccc1n2C=Nc1ccccc1. The second-order valence-electron chi connectivity index (χ2n) is 5.35. The average molecular weight is 302 g/mol. The van der Waals surface area contributed by atoms with Gasteiger partial charge in [0, 0.05) is 10.8 Å². The number of aromatic nitrogens is 1. The zero-order chi connectivity index (χ0) is 15.8. The standard InChI is InChI=1S/C19H14N2O2/c22-14-6-8-18-16(10-14)17-11-15(23)7-9-19(17)21(18)12-20-13-4-2-1-3-5-13/h1-12,22-23H. The number of nitrogens with zero attached hydrogens (tertiary/aromatic N) is 2. The summed E-state index contributed by atoms with van der Waals surface area (Å²) in [5.41, 5.74) is 2.70. The van der Waals surface area contributed by atoms with Gasteiger partial charge >= 0.3 is 0 Å². The Morgan fingerprint density at radius 3 is 1.87 bits per heavy atom. The molecule has 0 aliphatic heterocycles. The van der Waals surface area contributed by atoms with Crippen molar-refractivity contribution in [3.8, 4) is 11.5 Å². The van der Waals surface area contributed by atoms with Crippen molar-refractivity contribution in [2.24, 2.45) is 4.99 Å². The highest BCUT2D eigenvalue weighted by Crippen LogP contribution is 2.32. The lowest BCUT2D eigenvalue weighted by molar-refractivity contribution is 0.475. The van der Waals surface area contributed by atoms with Crippen molar-refractivity contribution in [1.29, 1.82) is 0 Å². The van der Waals surface area contributed by atoms with E-state index in [1.54, 1.807) is 30.6 Å². The van der Waals surface area contributed by atoms with Gasteiger partial charge in [0.25, 0.3) is 0 Å². The fourth-order valence-electron chi connectivity index (χ4n) is 2.79. The number of phenols is 2. The van der Waals surface area contributed by atoms with E-state index in [0.717, 1.165) is 27.5 Å². The topological polar surface area (TPSA) is 57.8 Å². The second-order valence-corrected chi connectivity index (χ2v) is 5.35. The van der Waals surface area contributed by atoms with E-state index in [4.69, 9.17) is 0 Å². The molecule has 0 unspecified atom stereocenters. The molecule has 4 nitrogen and oxygen atoms in total. The van der Waals surface area contributed by atoms with Crippen molar-refractivity contribution in [2.75, 3.05) is 0 Å². The highest BCUT2D eigenvalue weighted by molar-refractivity contribution is 6.12. The molecule has 0 radical (unpaired) electrons. The quantitative estimate of drug-likeness (QED) is 0.425. The summed E-state index contributed by atoms with van der Waals surface area (Å²) in [6.45, 7) is 0. The molecule has 0 saturated heterocycles. The smallest absolute Gasteiger partial charge is 0.116 e. The monoisotopic (exact) mass is 302 g/mol. The molecule has 0 saturated carbocycles. The lowest BCUT2D eigenvalue weighted by Gasteiger charge is -2.00. The summed E-state index contributed by atoms with van der Waals surface area (Å²) in [5.74, 6) is 0.389. The minimum absolute atomic E-state index is 0.194. The van der Waals surface area contributed by atoms with Gasteiger partial charge in [0.1, 0.15) is 17.8 Å². The van der Waals surface area contributed by atoms with E-state index in [-0.39, 0.29) is 11.5 Å². The van der Waals surface area contributed by atoms with Crippen molar-refractivity contribution in [3.05, 3.63) is 66.7 Å².